The minimum Gasteiger partial charge on any atom is -0.463 e. The second kappa shape index (κ2) is 24.5. The lowest BCUT2D eigenvalue weighted by atomic mass is 9.98. The summed E-state index contributed by atoms with van der Waals surface area (Å²) in [6.07, 6.45) is -13.3. The first-order valence-corrected chi connectivity index (χ1v) is 20.0. The summed E-state index contributed by atoms with van der Waals surface area (Å²) in [6, 6.07) is 0. The number of ether oxygens (including phenoxy) is 12. The number of esters is 8. The van der Waals surface area contributed by atoms with E-state index < -0.39 is 122 Å². The Balaban J connectivity index is 1.61. The minimum absolute atomic E-state index is 0.0746. The summed E-state index contributed by atoms with van der Waals surface area (Å²) in [4.78, 5) is 95.1. The fourth-order valence-corrected chi connectivity index (χ4v) is 6.69. The maximum Gasteiger partial charge on any atom is 0.303 e. The predicted octanol–water partition coefficient (Wildman–Crippen LogP) is -0.350. The average Bonchev–Trinajstić information content (AvgIpc) is 3.14. The van der Waals surface area contributed by atoms with Crippen LogP contribution in [0.5, 0.6) is 0 Å². The molecule has 0 spiro atoms. The maximum atomic E-state index is 12.0. The third kappa shape index (κ3) is 16.7. The van der Waals surface area contributed by atoms with Crippen LogP contribution in [0.1, 0.15) is 55.4 Å². The predicted molar refractivity (Wildman–Crippen MR) is 195 cm³/mol. The van der Waals surface area contributed by atoms with Gasteiger partial charge in [0.1, 0.15) is 25.4 Å². The van der Waals surface area contributed by atoms with Crippen LogP contribution in [0.3, 0.4) is 0 Å². The van der Waals surface area contributed by atoms with Gasteiger partial charge in [0.05, 0.1) is 13.2 Å². The quantitative estimate of drug-likeness (QED) is 0.0699. The van der Waals surface area contributed by atoms with E-state index in [4.69, 9.17) is 56.8 Å². The Labute approximate surface area is 351 Å². The molecule has 334 valence electrons. The molecule has 0 radical (unpaired) electrons. The van der Waals surface area contributed by atoms with Crippen LogP contribution >= 0.6 is 23.5 Å². The van der Waals surface area contributed by atoms with Gasteiger partial charge < -0.3 is 56.8 Å². The van der Waals surface area contributed by atoms with Gasteiger partial charge in [0.2, 0.25) is 10.3 Å². The molecule has 0 unspecified atom stereocenters. The molecule has 10 atom stereocenters. The van der Waals surface area contributed by atoms with E-state index in [1.807, 2.05) is 0 Å². The van der Waals surface area contributed by atoms with E-state index in [-0.39, 0.29) is 35.0 Å². The molecule has 0 N–H and O–H groups in total. The van der Waals surface area contributed by atoms with E-state index in [2.05, 4.69) is 20.4 Å². The normalized spacial score (nSPS) is 26.1. The minimum atomic E-state index is -1.39. The van der Waals surface area contributed by atoms with Gasteiger partial charge in [0, 0.05) is 66.9 Å². The standard InChI is InChI=1S/C34H46N4O20S2/c1-15(39)49-13-23-25(51-17(3)41)27(53-19(5)43)29(55-21(7)45)31(57-23)47-9-11-59-33-35-37-34(38-36-33)60-12-10-48-32-30(56-22(8)46)28(54-20(6)44)26(52-18(4)42)24(58-32)14-50-16(2)40/h23-32H,9-14H2,1-8H3/t23-,24-,25-,26-,27+,28+,29-,30-,31-,32-/m1/s1. The highest BCUT2D eigenvalue weighted by Gasteiger charge is 2.54. The highest BCUT2D eigenvalue weighted by atomic mass is 32.2. The smallest absolute Gasteiger partial charge is 0.303 e. The molecule has 3 rings (SSSR count). The lowest BCUT2D eigenvalue weighted by Gasteiger charge is -2.44. The number of aromatic nitrogens is 4. The molecule has 0 saturated carbocycles. The second-order valence-corrected chi connectivity index (χ2v) is 14.7. The summed E-state index contributed by atoms with van der Waals surface area (Å²) in [5.74, 6) is -5.62. The van der Waals surface area contributed by atoms with Crippen molar-refractivity contribution in [1.82, 2.24) is 20.4 Å². The zero-order valence-electron chi connectivity index (χ0n) is 33.8. The zero-order valence-corrected chi connectivity index (χ0v) is 35.4. The molecule has 0 amide bonds. The third-order valence-electron chi connectivity index (χ3n) is 7.53. The van der Waals surface area contributed by atoms with Crippen molar-refractivity contribution in [3.05, 3.63) is 0 Å². The van der Waals surface area contributed by atoms with Crippen LogP contribution in [0.25, 0.3) is 0 Å². The molecule has 2 fully saturated rings. The Hall–Kier alpha value is -4.76. The summed E-state index contributed by atoms with van der Waals surface area (Å²) in [5.41, 5.74) is 0. The maximum absolute atomic E-state index is 12.0. The summed E-state index contributed by atoms with van der Waals surface area (Å²) >= 11 is 2.17. The van der Waals surface area contributed by atoms with Crippen molar-refractivity contribution in [3.63, 3.8) is 0 Å². The number of hydrogen-bond acceptors (Lipinski definition) is 26. The van der Waals surface area contributed by atoms with E-state index in [9.17, 15) is 38.4 Å². The number of rotatable bonds is 20. The van der Waals surface area contributed by atoms with E-state index in [1.54, 1.807) is 0 Å². The van der Waals surface area contributed by atoms with E-state index in [0.717, 1.165) is 78.9 Å². The van der Waals surface area contributed by atoms with Crippen molar-refractivity contribution >= 4 is 71.3 Å². The van der Waals surface area contributed by atoms with Crippen molar-refractivity contribution in [2.75, 3.05) is 37.9 Å². The van der Waals surface area contributed by atoms with Crippen molar-refractivity contribution in [1.29, 1.82) is 0 Å². The van der Waals surface area contributed by atoms with Gasteiger partial charge in [-0.05, 0) is 0 Å². The fourth-order valence-electron chi connectivity index (χ4n) is 5.57. The summed E-state index contributed by atoms with van der Waals surface area (Å²) < 4.78 is 65.9. The molecule has 24 nitrogen and oxygen atoms in total. The Bertz CT molecular complexity index is 1550. The molecule has 3 heterocycles. The summed E-state index contributed by atoms with van der Waals surface area (Å²) in [6.45, 7) is 7.98. The number of hydrogen-bond donors (Lipinski definition) is 0. The van der Waals surface area contributed by atoms with Gasteiger partial charge in [-0.2, -0.15) is 0 Å². The van der Waals surface area contributed by atoms with Crippen molar-refractivity contribution in [2.45, 2.75) is 127 Å². The Morgan fingerprint density at radius 3 is 1.00 bits per heavy atom. The number of carbonyl (C=O) groups excluding carboxylic acids is 8. The van der Waals surface area contributed by atoms with Crippen molar-refractivity contribution in [2.24, 2.45) is 0 Å². The van der Waals surface area contributed by atoms with Crippen LogP contribution in [-0.2, 0) is 95.2 Å². The molecular formula is C34H46N4O20S2. The monoisotopic (exact) mass is 894 g/mol. The summed E-state index contributed by atoms with van der Waals surface area (Å²) in [5, 5.41) is 16.4. The molecule has 1 aromatic rings. The van der Waals surface area contributed by atoms with Crippen LogP contribution in [-0.4, -0.2) is 167 Å². The van der Waals surface area contributed by atoms with Crippen LogP contribution in [0.4, 0.5) is 0 Å². The van der Waals surface area contributed by atoms with Crippen LogP contribution in [0, 0.1) is 0 Å². The molecule has 0 bridgehead atoms. The molecule has 0 aromatic carbocycles. The van der Waals surface area contributed by atoms with Gasteiger partial charge in [0.15, 0.2) is 49.2 Å². The van der Waals surface area contributed by atoms with E-state index >= 15 is 0 Å². The lowest BCUT2D eigenvalue weighted by Crippen LogP contribution is -2.63. The Morgan fingerprint density at radius 1 is 0.433 bits per heavy atom. The first kappa shape index (κ1) is 49.6. The van der Waals surface area contributed by atoms with E-state index in [0.29, 0.717) is 0 Å². The molecule has 2 saturated heterocycles. The summed E-state index contributed by atoms with van der Waals surface area (Å²) in [7, 11) is 0. The van der Waals surface area contributed by atoms with Gasteiger partial charge >= 0.3 is 47.8 Å². The molecule has 2 aliphatic rings. The number of carbonyl (C=O) groups is 8. The van der Waals surface area contributed by atoms with Crippen molar-refractivity contribution < 1.29 is 95.2 Å². The largest absolute Gasteiger partial charge is 0.463 e. The number of thioether (sulfide) groups is 2. The highest BCUT2D eigenvalue weighted by Crippen LogP contribution is 2.32. The molecule has 2 aliphatic heterocycles. The first-order valence-electron chi connectivity index (χ1n) is 18.0. The first-order chi connectivity index (χ1) is 28.3. The second-order valence-electron chi connectivity index (χ2n) is 12.5. The Morgan fingerprint density at radius 2 is 0.717 bits per heavy atom. The average molecular weight is 895 g/mol. The molecule has 0 aliphatic carbocycles. The topological polar surface area (TPSA) is 299 Å². The molecule has 1 aromatic heterocycles. The zero-order chi connectivity index (χ0) is 44.5. The van der Waals surface area contributed by atoms with Crippen LogP contribution in [0.2, 0.25) is 0 Å². The third-order valence-corrected chi connectivity index (χ3v) is 9.12. The number of nitrogens with zero attached hydrogens (tertiary/aromatic N) is 4. The van der Waals surface area contributed by atoms with Crippen LogP contribution < -0.4 is 0 Å². The van der Waals surface area contributed by atoms with Gasteiger partial charge in [0.25, 0.3) is 0 Å². The molecule has 26 heteroatoms. The Kier molecular flexibility index (Phi) is 20.2. The van der Waals surface area contributed by atoms with E-state index in [1.165, 1.54) is 0 Å². The SMILES string of the molecule is CC(=O)OC[C@H]1O[C@@H](OCCSc2nnc(SCCO[C@@H]3O[C@H](COC(C)=O)[C@@H](OC(C)=O)[C@H](OC(C)=O)[C@H]3OC(C)=O)nn2)[C@H](OC(C)=O)[C@@H](OC(C)=O)[C@@H]1OC(C)=O. The molecule has 60 heavy (non-hydrogen) atoms. The van der Waals surface area contributed by atoms with Crippen molar-refractivity contribution in [3.8, 4) is 0 Å². The highest BCUT2D eigenvalue weighted by molar-refractivity contribution is 7.99. The fraction of sp³-hybridized carbons (Fsp3) is 0.706. The lowest BCUT2D eigenvalue weighted by molar-refractivity contribution is -0.307. The van der Waals surface area contributed by atoms with Crippen LogP contribution in [0.15, 0.2) is 10.3 Å². The van der Waals surface area contributed by atoms with Gasteiger partial charge in [-0.15, -0.1) is 20.4 Å². The van der Waals surface area contributed by atoms with Gasteiger partial charge in [-0.25, -0.2) is 0 Å². The van der Waals surface area contributed by atoms with Gasteiger partial charge in [-0.3, -0.25) is 38.4 Å². The molecular weight excluding hydrogens is 849 g/mol. The van der Waals surface area contributed by atoms with Gasteiger partial charge in [-0.1, -0.05) is 23.5 Å².